The lowest BCUT2D eigenvalue weighted by Crippen LogP contribution is -2.25. The summed E-state index contributed by atoms with van der Waals surface area (Å²) in [6.45, 7) is 4.09. The zero-order valence-corrected chi connectivity index (χ0v) is 21.1. The highest BCUT2D eigenvalue weighted by Gasteiger charge is 2.36. The van der Waals surface area contributed by atoms with E-state index in [0.29, 0.717) is 35.8 Å². The van der Waals surface area contributed by atoms with Crippen LogP contribution in [-0.4, -0.2) is 38.2 Å². The van der Waals surface area contributed by atoms with Crippen LogP contribution in [0.5, 0.6) is 0 Å². The Kier molecular flexibility index (Phi) is 8.54. The Morgan fingerprint density at radius 1 is 1.26 bits per heavy atom. The third-order valence-corrected chi connectivity index (χ3v) is 6.80. The standard InChI is InChI=1S/C25H29ClN4O3S/c1-3-4-5-6-7-8-9-10-13-20-27-22(26)21-24(28-20)30(23(29-21)19-12-11-16-34-19)25-18(14-15-32-25)33-17(2)31/h11-12,16,18,25H,3-9,14-15H2,1-2H3/t18-,25-/m1/s1. The van der Waals surface area contributed by atoms with Gasteiger partial charge in [-0.15, -0.1) is 11.3 Å². The summed E-state index contributed by atoms with van der Waals surface area (Å²) in [5, 5.41) is 2.22. The molecule has 9 heteroatoms. The quantitative estimate of drug-likeness (QED) is 0.151. The minimum Gasteiger partial charge on any atom is -0.458 e. The van der Waals surface area contributed by atoms with E-state index in [1.165, 1.54) is 39.0 Å². The van der Waals surface area contributed by atoms with E-state index < -0.39 is 12.3 Å². The van der Waals surface area contributed by atoms with Gasteiger partial charge in [0.1, 0.15) is 11.6 Å². The normalized spacial score (nSPS) is 17.6. The molecule has 180 valence electrons. The molecule has 0 aliphatic carbocycles. The van der Waals surface area contributed by atoms with E-state index in [2.05, 4.69) is 23.7 Å². The van der Waals surface area contributed by atoms with E-state index in [1.54, 1.807) is 11.3 Å². The molecule has 0 bridgehead atoms. The highest BCUT2D eigenvalue weighted by atomic mass is 35.5. The van der Waals surface area contributed by atoms with Crippen LogP contribution in [0.1, 0.15) is 77.3 Å². The first-order chi connectivity index (χ1) is 16.6. The molecule has 0 unspecified atom stereocenters. The lowest BCUT2D eigenvalue weighted by atomic mass is 10.1. The lowest BCUT2D eigenvalue weighted by Gasteiger charge is -2.21. The average molecular weight is 501 g/mol. The lowest BCUT2D eigenvalue weighted by molar-refractivity contribution is -0.151. The second kappa shape index (κ2) is 11.8. The van der Waals surface area contributed by atoms with Gasteiger partial charge in [-0.3, -0.25) is 9.36 Å². The van der Waals surface area contributed by atoms with Crippen LogP contribution in [0.2, 0.25) is 5.15 Å². The van der Waals surface area contributed by atoms with Gasteiger partial charge in [0.2, 0.25) is 5.82 Å². The molecule has 2 atom stereocenters. The molecule has 1 saturated heterocycles. The van der Waals surface area contributed by atoms with Crippen molar-refractivity contribution < 1.29 is 14.3 Å². The second-order valence-corrected chi connectivity index (χ2v) is 9.62. The number of halogens is 1. The predicted octanol–water partition coefficient (Wildman–Crippen LogP) is 6.16. The van der Waals surface area contributed by atoms with Crippen molar-refractivity contribution in [3.8, 4) is 22.5 Å². The molecule has 4 rings (SSSR count). The maximum Gasteiger partial charge on any atom is 0.303 e. The van der Waals surface area contributed by atoms with E-state index in [-0.39, 0.29) is 11.1 Å². The van der Waals surface area contributed by atoms with Crippen molar-refractivity contribution in [2.24, 2.45) is 0 Å². The molecule has 0 aromatic carbocycles. The Balaban J connectivity index is 1.64. The molecule has 4 heterocycles. The van der Waals surface area contributed by atoms with E-state index in [0.717, 1.165) is 17.7 Å². The first kappa shape index (κ1) is 24.6. The number of nitrogens with zero attached hydrogens (tertiary/aromatic N) is 4. The zero-order valence-electron chi connectivity index (χ0n) is 19.6. The number of imidazole rings is 1. The predicted molar refractivity (Wildman–Crippen MR) is 134 cm³/mol. The van der Waals surface area contributed by atoms with Gasteiger partial charge in [0.05, 0.1) is 11.5 Å². The van der Waals surface area contributed by atoms with Gasteiger partial charge in [-0.2, -0.15) is 0 Å². The summed E-state index contributed by atoms with van der Waals surface area (Å²) >= 11 is 8.08. The fraction of sp³-hybridized carbons (Fsp3) is 0.520. The zero-order chi connectivity index (χ0) is 23.9. The van der Waals surface area contributed by atoms with Gasteiger partial charge in [-0.05, 0) is 23.8 Å². The Labute approximate surface area is 208 Å². The SMILES string of the molecule is CCCCCCCCC#Cc1nc(Cl)c2nc(-c3cccs3)n([C@@H]3OCC[C@H]3OC(C)=O)c2n1. The molecular weight excluding hydrogens is 472 g/mol. The van der Waals surface area contributed by atoms with Gasteiger partial charge in [0.25, 0.3) is 0 Å². The Morgan fingerprint density at radius 3 is 2.85 bits per heavy atom. The van der Waals surface area contributed by atoms with Crippen molar-refractivity contribution in [3.63, 3.8) is 0 Å². The van der Waals surface area contributed by atoms with Crippen molar-refractivity contribution in [1.29, 1.82) is 0 Å². The first-order valence-electron chi connectivity index (χ1n) is 11.9. The molecule has 0 N–H and O–H groups in total. The number of carbonyl (C=O) groups excluding carboxylic acids is 1. The van der Waals surface area contributed by atoms with E-state index in [1.807, 2.05) is 22.1 Å². The Morgan fingerprint density at radius 2 is 2.09 bits per heavy atom. The van der Waals surface area contributed by atoms with Crippen LogP contribution in [0.15, 0.2) is 17.5 Å². The molecule has 7 nitrogen and oxygen atoms in total. The summed E-state index contributed by atoms with van der Waals surface area (Å²) in [6.07, 6.45) is 7.72. The number of unbranched alkanes of at least 4 members (excludes halogenated alkanes) is 6. The van der Waals surface area contributed by atoms with Crippen LogP contribution in [0.4, 0.5) is 0 Å². The van der Waals surface area contributed by atoms with E-state index >= 15 is 0 Å². The number of aromatic nitrogens is 4. The number of hydrogen-bond donors (Lipinski definition) is 0. The summed E-state index contributed by atoms with van der Waals surface area (Å²) in [5.41, 5.74) is 1.000. The summed E-state index contributed by atoms with van der Waals surface area (Å²) in [5.74, 6) is 6.90. The number of hydrogen-bond acceptors (Lipinski definition) is 7. The van der Waals surface area contributed by atoms with E-state index in [4.69, 9.17) is 31.0 Å². The largest absolute Gasteiger partial charge is 0.458 e. The van der Waals surface area contributed by atoms with Gasteiger partial charge in [-0.25, -0.2) is 15.0 Å². The molecule has 3 aromatic heterocycles. The third-order valence-electron chi connectivity index (χ3n) is 5.68. The van der Waals surface area contributed by atoms with Crippen molar-refractivity contribution in [1.82, 2.24) is 19.5 Å². The number of carbonyl (C=O) groups is 1. The summed E-state index contributed by atoms with van der Waals surface area (Å²) in [4.78, 5) is 26.4. The smallest absolute Gasteiger partial charge is 0.303 e. The van der Waals surface area contributed by atoms with Crippen LogP contribution >= 0.6 is 22.9 Å². The third kappa shape index (κ3) is 5.77. The summed E-state index contributed by atoms with van der Waals surface area (Å²) in [7, 11) is 0. The Hall–Kier alpha value is -2.47. The van der Waals surface area contributed by atoms with Crippen LogP contribution in [-0.2, 0) is 14.3 Å². The molecule has 0 radical (unpaired) electrons. The molecule has 0 spiro atoms. The van der Waals surface area contributed by atoms with Crippen LogP contribution in [0, 0.1) is 11.8 Å². The minimum atomic E-state index is -0.555. The maximum atomic E-state index is 11.7. The van der Waals surface area contributed by atoms with Gasteiger partial charge < -0.3 is 9.47 Å². The number of ether oxygens (including phenoxy) is 2. The molecule has 3 aromatic rings. The summed E-state index contributed by atoms with van der Waals surface area (Å²) < 4.78 is 13.4. The van der Waals surface area contributed by atoms with Crippen LogP contribution < -0.4 is 0 Å². The number of rotatable bonds is 9. The van der Waals surface area contributed by atoms with Crippen LogP contribution in [0.3, 0.4) is 0 Å². The molecule has 1 aliphatic heterocycles. The van der Waals surface area contributed by atoms with Crippen molar-refractivity contribution in [2.45, 2.75) is 77.5 Å². The van der Waals surface area contributed by atoms with Crippen molar-refractivity contribution in [3.05, 3.63) is 28.5 Å². The molecule has 0 saturated carbocycles. The molecule has 34 heavy (non-hydrogen) atoms. The molecule has 0 amide bonds. The van der Waals surface area contributed by atoms with Gasteiger partial charge in [0, 0.05) is 19.8 Å². The van der Waals surface area contributed by atoms with Gasteiger partial charge in [0.15, 0.2) is 22.9 Å². The van der Waals surface area contributed by atoms with Gasteiger partial charge >= 0.3 is 5.97 Å². The van der Waals surface area contributed by atoms with Crippen molar-refractivity contribution >= 4 is 40.1 Å². The highest BCUT2D eigenvalue weighted by Crippen LogP contribution is 2.37. The van der Waals surface area contributed by atoms with E-state index in [9.17, 15) is 4.79 Å². The highest BCUT2D eigenvalue weighted by molar-refractivity contribution is 7.13. The molecular formula is C25H29ClN4O3S. The first-order valence-corrected chi connectivity index (χ1v) is 13.1. The molecule has 1 fully saturated rings. The fourth-order valence-corrected chi connectivity index (χ4v) is 5.00. The summed E-state index contributed by atoms with van der Waals surface area (Å²) in [6, 6.07) is 3.93. The van der Waals surface area contributed by atoms with Gasteiger partial charge in [-0.1, -0.05) is 62.6 Å². The molecule has 1 aliphatic rings. The van der Waals surface area contributed by atoms with Crippen LogP contribution in [0.25, 0.3) is 21.9 Å². The Bertz CT molecular complexity index is 1180. The monoisotopic (exact) mass is 500 g/mol. The van der Waals surface area contributed by atoms with Crippen molar-refractivity contribution in [2.75, 3.05) is 6.61 Å². The topological polar surface area (TPSA) is 79.1 Å². The number of esters is 1. The maximum absolute atomic E-state index is 11.7. The minimum absolute atomic E-state index is 0.243. The fourth-order valence-electron chi connectivity index (χ4n) is 4.08. The second-order valence-electron chi connectivity index (χ2n) is 8.31. The number of thiophene rings is 1. The number of fused-ring (bicyclic) bond motifs is 1. The average Bonchev–Trinajstić information content (AvgIpc) is 3.55.